The molecule has 0 spiro atoms. The molecule has 0 aromatic heterocycles. The van der Waals surface area contributed by atoms with Gasteiger partial charge in [-0.25, -0.2) is 4.39 Å². The Morgan fingerprint density at radius 2 is 1.76 bits per heavy atom. The summed E-state index contributed by atoms with van der Waals surface area (Å²) in [6.07, 6.45) is 2.07. The number of benzene rings is 3. The molecule has 0 radical (unpaired) electrons. The van der Waals surface area contributed by atoms with E-state index in [1.165, 1.54) is 12.1 Å². The lowest BCUT2D eigenvalue weighted by atomic mass is 10.1. The minimum absolute atomic E-state index is 0.00710. The van der Waals surface area contributed by atoms with Crippen molar-refractivity contribution in [1.29, 1.82) is 5.26 Å². The fourth-order valence-electron chi connectivity index (χ4n) is 3.20. The topological polar surface area (TPSA) is 80.6 Å². The Kier molecular flexibility index (Phi) is 8.64. The Labute approximate surface area is 198 Å². The zero-order valence-electron chi connectivity index (χ0n) is 19.0. The Hall–Kier alpha value is -4.31. The van der Waals surface area contributed by atoms with Crippen molar-refractivity contribution in [2.24, 2.45) is 0 Å². The molecule has 174 valence electrons. The second-order valence-electron chi connectivity index (χ2n) is 7.31. The molecule has 0 unspecified atom stereocenters. The summed E-state index contributed by atoms with van der Waals surface area (Å²) in [5, 5.41) is 12.2. The van der Waals surface area contributed by atoms with Crippen LogP contribution in [0.5, 0.6) is 17.2 Å². The van der Waals surface area contributed by atoms with E-state index in [0.717, 1.165) is 5.56 Å². The quantitative estimate of drug-likeness (QED) is 0.351. The lowest BCUT2D eigenvalue weighted by Gasteiger charge is -2.10. The molecule has 1 N–H and O–H groups in total. The standard InChI is InChI=1S/C27H25FN2O4/c1-32-25-12-9-20(16-26(25)33-2)13-14-30-27(31)22(17-29)15-19-7-10-23(11-8-19)34-18-21-5-3-4-6-24(21)28/h3-12,15-16H,13-14,18H2,1-2H3,(H,30,31)/b22-15+. The zero-order valence-corrected chi connectivity index (χ0v) is 19.0. The molecule has 0 aliphatic carbocycles. The fourth-order valence-corrected chi connectivity index (χ4v) is 3.20. The van der Waals surface area contributed by atoms with Gasteiger partial charge in [0.05, 0.1) is 14.2 Å². The first-order chi connectivity index (χ1) is 16.5. The van der Waals surface area contributed by atoms with Crippen LogP contribution in [0.15, 0.2) is 72.3 Å². The summed E-state index contributed by atoms with van der Waals surface area (Å²) in [6, 6.07) is 20.8. The van der Waals surface area contributed by atoms with Crippen molar-refractivity contribution in [2.75, 3.05) is 20.8 Å². The molecule has 0 heterocycles. The highest BCUT2D eigenvalue weighted by Crippen LogP contribution is 2.27. The highest BCUT2D eigenvalue weighted by molar-refractivity contribution is 6.01. The van der Waals surface area contributed by atoms with Gasteiger partial charge in [0.15, 0.2) is 11.5 Å². The number of methoxy groups -OCH3 is 2. The zero-order chi connectivity index (χ0) is 24.3. The van der Waals surface area contributed by atoms with Crippen molar-refractivity contribution < 1.29 is 23.4 Å². The number of hydrogen-bond donors (Lipinski definition) is 1. The maximum Gasteiger partial charge on any atom is 0.261 e. The molecule has 6 nitrogen and oxygen atoms in total. The summed E-state index contributed by atoms with van der Waals surface area (Å²) in [7, 11) is 3.13. The minimum Gasteiger partial charge on any atom is -0.493 e. The van der Waals surface area contributed by atoms with E-state index < -0.39 is 5.91 Å². The molecule has 0 bridgehead atoms. The van der Waals surface area contributed by atoms with Crippen LogP contribution in [0.4, 0.5) is 4.39 Å². The van der Waals surface area contributed by atoms with Crippen LogP contribution in [0.25, 0.3) is 6.08 Å². The first-order valence-electron chi connectivity index (χ1n) is 10.6. The molecule has 0 fully saturated rings. The van der Waals surface area contributed by atoms with Crippen molar-refractivity contribution in [2.45, 2.75) is 13.0 Å². The summed E-state index contributed by atoms with van der Waals surface area (Å²) in [4.78, 5) is 12.4. The van der Waals surface area contributed by atoms with E-state index >= 15 is 0 Å². The summed E-state index contributed by atoms with van der Waals surface area (Å²) in [6.45, 7) is 0.462. The Balaban J connectivity index is 1.55. The Bertz CT molecular complexity index is 1200. The highest BCUT2D eigenvalue weighted by atomic mass is 19.1. The number of halogens is 1. The van der Waals surface area contributed by atoms with Crippen LogP contribution in [0, 0.1) is 17.1 Å². The normalized spacial score (nSPS) is 10.8. The molecule has 34 heavy (non-hydrogen) atoms. The molecule has 0 saturated heterocycles. The van der Waals surface area contributed by atoms with Gasteiger partial charge in [-0.1, -0.05) is 36.4 Å². The van der Waals surface area contributed by atoms with Gasteiger partial charge in [-0.2, -0.15) is 5.26 Å². The third-order valence-corrected chi connectivity index (χ3v) is 5.06. The van der Waals surface area contributed by atoms with Crippen molar-refractivity contribution in [3.63, 3.8) is 0 Å². The van der Waals surface area contributed by atoms with Crippen LogP contribution >= 0.6 is 0 Å². The molecular weight excluding hydrogens is 435 g/mol. The average Bonchev–Trinajstić information content (AvgIpc) is 2.87. The number of hydrogen-bond acceptors (Lipinski definition) is 5. The van der Waals surface area contributed by atoms with E-state index in [4.69, 9.17) is 14.2 Å². The molecule has 0 aliphatic heterocycles. The van der Waals surface area contributed by atoms with E-state index in [9.17, 15) is 14.4 Å². The number of ether oxygens (including phenoxy) is 3. The van der Waals surface area contributed by atoms with E-state index in [-0.39, 0.29) is 18.0 Å². The van der Waals surface area contributed by atoms with Gasteiger partial charge in [0.2, 0.25) is 0 Å². The maximum atomic E-state index is 13.7. The number of carbonyl (C=O) groups is 1. The van der Waals surface area contributed by atoms with E-state index in [1.807, 2.05) is 18.2 Å². The molecule has 7 heteroatoms. The molecule has 0 saturated carbocycles. The van der Waals surface area contributed by atoms with Gasteiger partial charge in [0.25, 0.3) is 5.91 Å². The SMILES string of the molecule is COc1ccc(CCNC(=O)/C(C#N)=C/c2ccc(OCc3ccccc3F)cc2)cc1OC. The molecule has 1 amide bonds. The Morgan fingerprint density at radius 1 is 1.03 bits per heavy atom. The van der Waals surface area contributed by atoms with Gasteiger partial charge in [-0.3, -0.25) is 4.79 Å². The van der Waals surface area contributed by atoms with Crippen molar-refractivity contribution in [3.05, 3.63) is 94.8 Å². The highest BCUT2D eigenvalue weighted by Gasteiger charge is 2.10. The lowest BCUT2D eigenvalue weighted by molar-refractivity contribution is -0.117. The number of carbonyl (C=O) groups excluding carboxylic acids is 1. The van der Waals surface area contributed by atoms with Gasteiger partial charge < -0.3 is 19.5 Å². The largest absolute Gasteiger partial charge is 0.493 e. The molecule has 3 aromatic rings. The van der Waals surface area contributed by atoms with Crippen LogP contribution in [-0.2, 0) is 17.8 Å². The van der Waals surface area contributed by atoms with Crippen molar-refractivity contribution >= 4 is 12.0 Å². The summed E-state index contributed by atoms with van der Waals surface area (Å²) in [5.41, 5.74) is 2.09. The maximum absolute atomic E-state index is 13.7. The predicted octanol–water partition coefficient (Wildman–Crippen LogP) is 4.69. The van der Waals surface area contributed by atoms with E-state index in [2.05, 4.69) is 5.32 Å². The average molecular weight is 461 g/mol. The number of nitrogens with zero attached hydrogens (tertiary/aromatic N) is 1. The van der Waals surface area contributed by atoms with Crippen molar-refractivity contribution in [1.82, 2.24) is 5.32 Å². The number of rotatable bonds is 10. The first kappa shape index (κ1) is 24.3. The molecule has 0 atom stereocenters. The predicted molar refractivity (Wildman–Crippen MR) is 127 cm³/mol. The Morgan fingerprint density at radius 3 is 2.44 bits per heavy atom. The van der Waals surface area contributed by atoms with Crippen LogP contribution in [0.3, 0.4) is 0 Å². The van der Waals surface area contributed by atoms with Gasteiger partial charge in [-0.15, -0.1) is 0 Å². The van der Waals surface area contributed by atoms with Crippen molar-refractivity contribution in [3.8, 4) is 23.3 Å². The lowest BCUT2D eigenvalue weighted by Crippen LogP contribution is -2.26. The van der Waals surface area contributed by atoms with Gasteiger partial charge in [0.1, 0.15) is 29.8 Å². The minimum atomic E-state index is -0.456. The number of nitriles is 1. The van der Waals surface area contributed by atoms with E-state index in [1.54, 1.807) is 62.8 Å². The second-order valence-corrected chi connectivity index (χ2v) is 7.31. The monoisotopic (exact) mass is 460 g/mol. The molecule has 0 aliphatic rings. The van der Waals surface area contributed by atoms with Gasteiger partial charge in [-0.05, 0) is 54.0 Å². The van der Waals surface area contributed by atoms with Crippen LogP contribution in [0.2, 0.25) is 0 Å². The molecular formula is C27H25FN2O4. The summed E-state index contributed by atoms with van der Waals surface area (Å²) < 4.78 is 29.8. The summed E-state index contributed by atoms with van der Waals surface area (Å²) >= 11 is 0. The number of nitrogens with one attached hydrogen (secondary N) is 1. The fraction of sp³-hybridized carbons (Fsp3) is 0.185. The first-order valence-corrected chi connectivity index (χ1v) is 10.6. The smallest absolute Gasteiger partial charge is 0.261 e. The van der Waals surface area contributed by atoms with Gasteiger partial charge in [0, 0.05) is 12.1 Å². The van der Waals surface area contributed by atoms with Gasteiger partial charge >= 0.3 is 0 Å². The molecule has 3 rings (SSSR count). The number of amides is 1. The van der Waals surface area contributed by atoms with Crippen LogP contribution < -0.4 is 19.5 Å². The third kappa shape index (κ3) is 6.59. The molecule has 3 aromatic carbocycles. The van der Waals surface area contributed by atoms with Crippen LogP contribution in [-0.4, -0.2) is 26.7 Å². The van der Waals surface area contributed by atoms with Crippen LogP contribution in [0.1, 0.15) is 16.7 Å². The second kappa shape index (κ2) is 12.1. The third-order valence-electron chi connectivity index (χ3n) is 5.06. The van der Waals surface area contributed by atoms with E-state index in [0.29, 0.717) is 41.3 Å². The summed E-state index contributed by atoms with van der Waals surface area (Å²) in [5.74, 6) is 1.03.